The number of nitrogens with zero attached hydrogens (tertiary/aromatic N) is 2. The lowest BCUT2D eigenvalue weighted by Crippen LogP contribution is -2.48. The van der Waals surface area contributed by atoms with Crippen LogP contribution in [0.2, 0.25) is 0 Å². The van der Waals surface area contributed by atoms with E-state index in [0.717, 1.165) is 31.2 Å². The van der Waals surface area contributed by atoms with E-state index in [1.807, 2.05) is 24.0 Å². The molecule has 0 atom stereocenters. The highest BCUT2D eigenvalue weighted by molar-refractivity contribution is 5.80. The van der Waals surface area contributed by atoms with Crippen molar-refractivity contribution >= 4 is 5.91 Å². The number of alkyl halides is 2. The topological polar surface area (TPSA) is 46.9 Å². The van der Waals surface area contributed by atoms with Crippen molar-refractivity contribution in [1.82, 2.24) is 15.1 Å². The predicted octanol–water partition coefficient (Wildman–Crippen LogP) is 2.84. The molecule has 0 saturated heterocycles. The minimum Gasteiger partial charge on any atom is -0.353 e. The first-order valence-electron chi connectivity index (χ1n) is 7.62. The van der Waals surface area contributed by atoms with Crippen LogP contribution in [0.25, 0.3) is 0 Å². The molecule has 0 aromatic carbocycles. The molecule has 0 aliphatic heterocycles. The number of amides is 1. The molecule has 1 amide bonds. The molecule has 0 bridgehead atoms. The molecule has 1 aromatic heterocycles. The maximum Gasteiger partial charge on any atom is 0.249 e. The van der Waals surface area contributed by atoms with Gasteiger partial charge in [0.1, 0.15) is 0 Å². The van der Waals surface area contributed by atoms with Crippen molar-refractivity contribution in [2.45, 2.75) is 63.5 Å². The molecular formula is C15H21F2N3O. The van der Waals surface area contributed by atoms with Crippen LogP contribution in [0.5, 0.6) is 0 Å². The second-order valence-corrected chi connectivity index (χ2v) is 6.47. The minimum absolute atomic E-state index is 0.125. The number of aryl methyl sites for hydroxylation is 1. The standard InChI is InChI=1S/C15H21F2N3O/c1-10-8-18-20(9-10)13-4-2-12(3-5-13)19-14(21)11-6-15(16,17)7-11/h8-9,11-13H,2-7H2,1H3,(H,19,21). The molecule has 2 fully saturated rings. The Hall–Kier alpha value is -1.46. The van der Waals surface area contributed by atoms with Crippen molar-refractivity contribution in [3.05, 3.63) is 18.0 Å². The zero-order valence-corrected chi connectivity index (χ0v) is 12.2. The van der Waals surface area contributed by atoms with E-state index in [2.05, 4.69) is 10.4 Å². The summed E-state index contributed by atoms with van der Waals surface area (Å²) in [6.07, 6.45) is 7.02. The molecule has 116 valence electrons. The molecule has 0 radical (unpaired) electrons. The van der Waals surface area contributed by atoms with Gasteiger partial charge in [0.05, 0.1) is 12.2 Å². The van der Waals surface area contributed by atoms with Gasteiger partial charge in [-0.1, -0.05) is 0 Å². The lowest BCUT2D eigenvalue weighted by molar-refractivity contribution is -0.151. The molecule has 2 aliphatic rings. The number of nitrogens with one attached hydrogen (secondary N) is 1. The Bertz CT molecular complexity index is 513. The number of aromatic nitrogens is 2. The van der Waals surface area contributed by atoms with Crippen LogP contribution < -0.4 is 5.32 Å². The smallest absolute Gasteiger partial charge is 0.249 e. The fraction of sp³-hybridized carbons (Fsp3) is 0.733. The summed E-state index contributed by atoms with van der Waals surface area (Å²) in [6, 6.07) is 0.513. The van der Waals surface area contributed by atoms with Crippen LogP contribution in [0, 0.1) is 12.8 Å². The maximum atomic E-state index is 12.8. The third-order valence-corrected chi connectivity index (χ3v) is 4.61. The second kappa shape index (κ2) is 5.39. The zero-order chi connectivity index (χ0) is 15.0. The molecule has 2 saturated carbocycles. The summed E-state index contributed by atoms with van der Waals surface area (Å²) in [5.41, 5.74) is 1.15. The number of halogens is 2. The molecule has 3 rings (SSSR count). The van der Waals surface area contributed by atoms with E-state index in [9.17, 15) is 13.6 Å². The number of hydrogen-bond donors (Lipinski definition) is 1. The number of rotatable bonds is 3. The van der Waals surface area contributed by atoms with Gasteiger partial charge in [0.25, 0.3) is 0 Å². The summed E-state index contributed by atoms with van der Waals surface area (Å²) in [6.45, 7) is 2.02. The second-order valence-electron chi connectivity index (χ2n) is 6.47. The van der Waals surface area contributed by atoms with Crippen molar-refractivity contribution in [3.63, 3.8) is 0 Å². The molecular weight excluding hydrogens is 276 g/mol. The number of carbonyl (C=O) groups is 1. The van der Waals surface area contributed by atoms with Crippen LogP contribution in [0.15, 0.2) is 12.4 Å². The van der Waals surface area contributed by atoms with Crippen molar-refractivity contribution in [1.29, 1.82) is 0 Å². The molecule has 0 spiro atoms. The van der Waals surface area contributed by atoms with E-state index < -0.39 is 11.8 Å². The number of carbonyl (C=O) groups excluding carboxylic acids is 1. The third kappa shape index (κ3) is 3.24. The van der Waals surface area contributed by atoms with Gasteiger partial charge >= 0.3 is 0 Å². The highest BCUT2D eigenvalue weighted by Gasteiger charge is 2.48. The van der Waals surface area contributed by atoms with Gasteiger partial charge in [-0.05, 0) is 38.2 Å². The van der Waals surface area contributed by atoms with Crippen LogP contribution in [-0.4, -0.2) is 27.7 Å². The van der Waals surface area contributed by atoms with Crippen molar-refractivity contribution < 1.29 is 13.6 Å². The van der Waals surface area contributed by atoms with Crippen LogP contribution in [-0.2, 0) is 4.79 Å². The monoisotopic (exact) mass is 297 g/mol. The summed E-state index contributed by atoms with van der Waals surface area (Å²) in [7, 11) is 0. The largest absolute Gasteiger partial charge is 0.353 e. The Kier molecular flexibility index (Phi) is 3.71. The van der Waals surface area contributed by atoms with Crippen molar-refractivity contribution in [3.8, 4) is 0 Å². The lowest BCUT2D eigenvalue weighted by Gasteiger charge is -2.36. The van der Waals surface area contributed by atoms with E-state index in [1.165, 1.54) is 0 Å². The van der Waals surface area contributed by atoms with E-state index in [1.54, 1.807) is 0 Å². The summed E-state index contributed by atoms with van der Waals surface area (Å²) in [5, 5.41) is 7.27. The van der Waals surface area contributed by atoms with E-state index in [0.29, 0.717) is 6.04 Å². The molecule has 1 heterocycles. The van der Waals surface area contributed by atoms with Gasteiger partial charge in [0, 0.05) is 31.0 Å². The zero-order valence-electron chi connectivity index (χ0n) is 12.2. The molecule has 2 aliphatic carbocycles. The van der Waals surface area contributed by atoms with Crippen LogP contribution in [0.3, 0.4) is 0 Å². The van der Waals surface area contributed by atoms with Gasteiger partial charge in [0.15, 0.2) is 0 Å². The SMILES string of the molecule is Cc1cnn(C2CCC(NC(=O)C3CC(F)(F)C3)CC2)c1. The van der Waals surface area contributed by atoms with E-state index in [-0.39, 0.29) is 24.8 Å². The van der Waals surface area contributed by atoms with Gasteiger partial charge < -0.3 is 5.32 Å². The van der Waals surface area contributed by atoms with Crippen LogP contribution in [0.4, 0.5) is 8.78 Å². The predicted molar refractivity (Wildman–Crippen MR) is 74.1 cm³/mol. The van der Waals surface area contributed by atoms with Gasteiger partial charge in [-0.25, -0.2) is 8.78 Å². The fourth-order valence-electron chi connectivity index (χ4n) is 3.28. The highest BCUT2D eigenvalue weighted by atomic mass is 19.3. The lowest BCUT2D eigenvalue weighted by atomic mass is 9.80. The average Bonchev–Trinajstić information content (AvgIpc) is 2.83. The molecule has 0 unspecified atom stereocenters. The van der Waals surface area contributed by atoms with Crippen LogP contribution in [0.1, 0.15) is 50.1 Å². The molecule has 1 aromatic rings. The Balaban J connectivity index is 1.45. The first-order chi connectivity index (χ1) is 9.93. The minimum atomic E-state index is -2.63. The first-order valence-corrected chi connectivity index (χ1v) is 7.62. The fourth-order valence-corrected chi connectivity index (χ4v) is 3.28. The summed E-state index contributed by atoms with van der Waals surface area (Å²) < 4.78 is 27.6. The van der Waals surface area contributed by atoms with Crippen LogP contribution >= 0.6 is 0 Å². The van der Waals surface area contributed by atoms with Gasteiger partial charge in [-0.2, -0.15) is 5.10 Å². The summed E-state index contributed by atoms with van der Waals surface area (Å²) in [4.78, 5) is 11.9. The van der Waals surface area contributed by atoms with Gasteiger partial charge in [-0.3, -0.25) is 9.48 Å². The average molecular weight is 297 g/mol. The Morgan fingerprint density at radius 2 is 2.00 bits per heavy atom. The summed E-state index contributed by atoms with van der Waals surface area (Å²) in [5.74, 6) is -3.32. The number of hydrogen-bond acceptors (Lipinski definition) is 2. The van der Waals surface area contributed by atoms with Crippen molar-refractivity contribution in [2.75, 3.05) is 0 Å². The third-order valence-electron chi connectivity index (χ3n) is 4.61. The highest BCUT2D eigenvalue weighted by Crippen LogP contribution is 2.42. The summed E-state index contributed by atoms with van der Waals surface area (Å²) >= 11 is 0. The molecule has 21 heavy (non-hydrogen) atoms. The molecule has 4 nitrogen and oxygen atoms in total. The Morgan fingerprint density at radius 1 is 1.33 bits per heavy atom. The van der Waals surface area contributed by atoms with Gasteiger partial charge in [-0.15, -0.1) is 0 Å². The molecule has 6 heteroatoms. The maximum absolute atomic E-state index is 12.8. The first kappa shape index (κ1) is 14.5. The van der Waals surface area contributed by atoms with E-state index in [4.69, 9.17) is 0 Å². The normalized spacial score (nSPS) is 28.9. The quantitative estimate of drug-likeness (QED) is 0.932. The van der Waals surface area contributed by atoms with Gasteiger partial charge in [0.2, 0.25) is 11.8 Å². The molecule has 1 N–H and O–H groups in total. The Morgan fingerprint density at radius 3 is 2.52 bits per heavy atom. The van der Waals surface area contributed by atoms with Crippen molar-refractivity contribution in [2.24, 2.45) is 5.92 Å². The Labute approximate surface area is 122 Å². The van der Waals surface area contributed by atoms with E-state index >= 15 is 0 Å².